The van der Waals surface area contributed by atoms with Crippen molar-refractivity contribution in [1.82, 2.24) is 4.31 Å². The highest BCUT2D eigenvalue weighted by Crippen LogP contribution is 2.38. The smallest absolute Gasteiger partial charge is 0.341 e. The minimum atomic E-state index is -3.66. The molecule has 2 aromatic carbocycles. The number of hydrogen-bond donors (Lipinski definition) is 1. The average molecular weight is 585 g/mol. The van der Waals surface area contributed by atoms with E-state index in [1.165, 1.54) is 47.0 Å². The normalized spacial score (nSPS) is 18.9. The van der Waals surface area contributed by atoms with E-state index < -0.39 is 21.9 Å². The van der Waals surface area contributed by atoms with Crippen molar-refractivity contribution in [2.24, 2.45) is 11.8 Å². The highest BCUT2D eigenvalue weighted by Gasteiger charge is 2.32. The van der Waals surface area contributed by atoms with Gasteiger partial charge in [-0.3, -0.25) is 4.79 Å². The Balaban J connectivity index is 1.36. The van der Waals surface area contributed by atoms with Crippen molar-refractivity contribution >= 4 is 38.2 Å². The minimum absolute atomic E-state index is 0.151. The zero-order valence-electron chi connectivity index (χ0n) is 22.9. The number of nitrogens with zero attached hydrogens (tertiary/aromatic N) is 1. The average Bonchev–Trinajstić information content (AvgIpc) is 3.51. The zero-order chi connectivity index (χ0) is 28.6. The van der Waals surface area contributed by atoms with E-state index in [0.29, 0.717) is 41.6 Å². The summed E-state index contributed by atoms with van der Waals surface area (Å²) in [4.78, 5) is 26.9. The molecular formula is C29H32N2O7S2. The number of benzene rings is 2. The molecule has 0 spiro atoms. The number of anilines is 1. The van der Waals surface area contributed by atoms with Crippen LogP contribution in [-0.4, -0.2) is 51.6 Å². The number of carbonyl (C=O) groups excluding carboxylic acids is 2. The monoisotopic (exact) mass is 584 g/mol. The van der Waals surface area contributed by atoms with Gasteiger partial charge in [0.1, 0.15) is 5.00 Å². The first-order chi connectivity index (χ1) is 19.1. The largest absolute Gasteiger partial charge is 0.465 e. The van der Waals surface area contributed by atoms with Gasteiger partial charge in [0.2, 0.25) is 16.8 Å². The summed E-state index contributed by atoms with van der Waals surface area (Å²) in [6.07, 6.45) is 1.52. The lowest BCUT2D eigenvalue weighted by Gasteiger charge is -2.34. The molecule has 0 bridgehead atoms. The van der Waals surface area contributed by atoms with E-state index in [4.69, 9.17) is 14.2 Å². The molecule has 1 amide bonds. The Bertz CT molecular complexity index is 1540. The quantitative estimate of drug-likeness (QED) is 0.386. The summed E-state index contributed by atoms with van der Waals surface area (Å²) >= 11 is 1.30. The SMILES string of the molecule is COC(=O)c1c(NC(=O)c2ccc(S(=O)(=O)N3CC(C)CC(C)C3)cc2)sc(Cc2ccc3c(c2)OCO3)c1C. The van der Waals surface area contributed by atoms with Crippen molar-refractivity contribution in [1.29, 1.82) is 0 Å². The van der Waals surface area contributed by atoms with E-state index >= 15 is 0 Å². The first-order valence-corrected chi connectivity index (χ1v) is 15.3. The summed E-state index contributed by atoms with van der Waals surface area (Å²) in [6, 6.07) is 11.6. The summed E-state index contributed by atoms with van der Waals surface area (Å²) in [5, 5.41) is 3.21. The van der Waals surface area contributed by atoms with E-state index in [0.717, 1.165) is 22.4 Å². The zero-order valence-corrected chi connectivity index (χ0v) is 24.5. The van der Waals surface area contributed by atoms with Crippen LogP contribution in [0.2, 0.25) is 0 Å². The molecule has 1 aromatic heterocycles. The second-order valence-corrected chi connectivity index (χ2v) is 13.5. The Hall–Kier alpha value is -3.41. The van der Waals surface area contributed by atoms with Gasteiger partial charge in [0.25, 0.3) is 5.91 Å². The van der Waals surface area contributed by atoms with Crippen LogP contribution >= 0.6 is 11.3 Å². The number of thiophene rings is 1. The Kier molecular flexibility index (Phi) is 7.89. The minimum Gasteiger partial charge on any atom is -0.465 e. The molecule has 3 heterocycles. The highest BCUT2D eigenvalue weighted by molar-refractivity contribution is 7.89. The van der Waals surface area contributed by atoms with Crippen molar-refractivity contribution in [3.8, 4) is 11.5 Å². The molecule has 3 aromatic rings. The summed E-state index contributed by atoms with van der Waals surface area (Å²) in [5.41, 5.74) is 2.26. The molecule has 2 atom stereocenters. The molecule has 1 saturated heterocycles. The number of piperidine rings is 1. The molecule has 40 heavy (non-hydrogen) atoms. The third-order valence-electron chi connectivity index (χ3n) is 7.25. The molecule has 2 aliphatic rings. The van der Waals surface area contributed by atoms with Crippen LogP contribution in [0.15, 0.2) is 47.4 Å². The number of methoxy groups -OCH3 is 1. The van der Waals surface area contributed by atoms with Gasteiger partial charge >= 0.3 is 5.97 Å². The van der Waals surface area contributed by atoms with Crippen LogP contribution in [0.4, 0.5) is 5.00 Å². The third kappa shape index (κ3) is 5.59. The fraction of sp³-hybridized carbons (Fsp3) is 0.379. The molecule has 212 valence electrons. The maximum Gasteiger partial charge on any atom is 0.341 e. The second-order valence-electron chi connectivity index (χ2n) is 10.5. The number of esters is 1. The molecule has 2 aliphatic heterocycles. The van der Waals surface area contributed by atoms with Crippen molar-refractivity contribution in [2.45, 2.75) is 38.5 Å². The summed E-state index contributed by atoms with van der Waals surface area (Å²) < 4.78 is 43.8. The van der Waals surface area contributed by atoms with Gasteiger partial charge in [-0.15, -0.1) is 11.3 Å². The number of nitrogens with one attached hydrogen (secondary N) is 1. The maximum absolute atomic E-state index is 13.2. The summed E-state index contributed by atoms with van der Waals surface area (Å²) in [5.74, 6) is 0.933. The van der Waals surface area contributed by atoms with Crippen molar-refractivity contribution in [3.63, 3.8) is 0 Å². The van der Waals surface area contributed by atoms with Crippen LogP contribution in [0.1, 0.15) is 57.0 Å². The number of rotatable bonds is 7. The lowest BCUT2D eigenvalue weighted by molar-refractivity contribution is 0.0601. The summed E-state index contributed by atoms with van der Waals surface area (Å²) in [7, 11) is -2.36. The molecule has 0 aliphatic carbocycles. The van der Waals surface area contributed by atoms with Crippen LogP contribution in [0.5, 0.6) is 11.5 Å². The van der Waals surface area contributed by atoms with Crippen molar-refractivity contribution < 1.29 is 32.2 Å². The number of ether oxygens (including phenoxy) is 3. The molecule has 0 saturated carbocycles. The number of fused-ring (bicyclic) bond motifs is 1. The highest BCUT2D eigenvalue weighted by atomic mass is 32.2. The van der Waals surface area contributed by atoms with Crippen LogP contribution in [0.3, 0.4) is 0 Å². The van der Waals surface area contributed by atoms with Gasteiger partial charge in [-0.25, -0.2) is 13.2 Å². The number of amides is 1. The molecule has 9 nitrogen and oxygen atoms in total. The Morgan fingerprint density at radius 3 is 2.40 bits per heavy atom. The third-order valence-corrected chi connectivity index (χ3v) is 10.3. The topological polar surface area (TPSA) is 111 Å². The van der Waals surface area contributed by atoms with Gasteiger partial charge in [0, 0.05) is 30.0 Å². The number of hydrogen-bond acceptors (Lipinski definition) is 8. The van der Waals surface area contributed by atoms with E-state index in [2.05, 4.69) is 19.2 Å². The molecule has 1 N–H and O–H groups in total. The van der Waals surface area contributed by atoms with E-state index in [-0.39, 0.29) is 29.1 Å². The van der Waals surface area contributed by atoms with E-state index in [9.17, 15) is 18.0 Å². The van der Waals surface area contributed by atoms with Gasteiger partial charge in [-0.2, -0.15) is 4.31 Å². The van der Waals surface area contributed by atoms with Gasteiger partial charge in [-0.05, 0) is 72.7 Å². The van der Waals surface area contributed by atoms with Crippen LogP contribution < -0.4 is 14.8 Å². The predicted molar refractivity (Wildman–Crippen MR) is 152 cm³/mol. The maximum atomic E-state index is 13.2. The van der Waals surface area contributed by atoms with Crippen LogP contribution in [0.25, 0.3) is 0 Å². The molecular weight excluding hydrogens is 552 g/mol. The first kappa shape index (κ1) is 28.1. The van der Waals surface area contributed by atoms with Crippen molar-refractivity contribution in [3.05, 3.63) is 69.6 Å². The van der Waals surface area contributed by atoms with Gasteiger partial charge in [-0.1, -0.05) is 19.9 Å². The lowest BCUT2D eigenvalue weighted by atomic mass is 9.94. The number of sulfonamides is 1. The Labute approximate surface area is 238 Å². The second kappa shape index (κ2) is 11.2. The standard InChI is InChI=1S/C29H32N2O7S2/c1-17-11-18(2)15-31(14-17)40(34,35)22-8-6-21(7-9-22)27(32)30-28-26(29(33)36-4)19(3)25(39-28)13-20-5-10-23-24(12-20)38-16-37-23/h5-10,12,17-18H,11,13-16H2,1-4H3,(H,30,32). The van der Waals surface area contributed by atoms with E-state index in [1.807, 2.05) is 25.1 Å². The first-order valence-electron chi connectivity index (χ1n) is 13.1. The number of carbonyl (C=O) groups is 2. The molecule has 2 unspecified atom stereocenters. The van der Waals surface area contributed by atoms with Gasteiger partial charge in [0.05, 0.1) is 17.6 Å². The lowest BCUT2D eigenvalue weighted by Crippen LogP contribution is -2.42. The molecule has 1 fully saturated rings. The predicted octanol–water partition coefficient (Wildman–Crippen LogP) is 5.08. The van der Waals surface area contributed by atoms with Gasteiger partial charge in [0.15, 0.2) is 11.5 Å². The van der Waals surface area contributed by atoms with Crippen LogP contribution in [0, 0.1) is 18.8 Å². The summed E-state index contributed by atoms with van der Waals surface area (Å²) in [6.45, 7) is 7.09. The van der Waals surface area contributed by atoms with Gasteiger partial charge < -0.3 is 19.5 Å². The Morgan fingerprint density at radius 1 is 1.05 bits per heavy atom. The van der Waals surface area contributed by atoms with Crippen molar-refractivity contribution in [2.75, 3.05) is 32.3 Å². The fourth-order valence-corrected chi connectivity index (χ4v) is 8.21. The Morgan fingerprint density at radius 2 is 1.73 bits per heavy atom. The molecule has 11 heteroatoms. The molecule has 0 radical (unpaired) electrons. The fourth-order valence-electron chi connectivity index (χ4n) is 5.31. The van der Waals surface area contributed by atoms with E-state index in [1.54, 1.807) is 0 Å². The molecule has 5 rings (SSSR count). The van der Waals surface area contributed by atoms with Crippen LogP contribution in [-0.2, 0) is 21.2 Å².